The molecule has 11 aromatic rings. The van der Waals surface area contributed by atoms with Gasteiger partial charge in [-0.2, -0.15) is 0 Å². The quantitative estimate of drug-likeness (QED) is 0.0310. The van der Waals surface area contributed by atoms with Crippen molar-refractivity contribution in [3.05, 3.63) is 342 Å². The summed E-state index contributed by atoms with van der Waals surface area (Å²) in [7, 11) is 3.74. The van der Waals surface area contributed by atoms with Gasteiger partial charge in [-0.05, 0) is 0 Å². The predicted octanol–water partition coefficient (Wildman–Crippen LogP) is 25.1. The van der Waals surface area contributed by atoms with Gasteiger partial charge in [0.1, 0.15) is 0 Å². The summed E-state index contributed by atoms with van der Waals surface area (Å²) < 4.78 is 19.4. The van der Waals surface area contributed by atoms with E-state index in [-0.39, 0.29) is 23.7 Å². The third-order valence-electron chi connectivity index (χ3n) is 23.0. The molecule has 0 spiro atoms. The molecule has 5 heteroatoms. The van der Waals surface area contributed by atoms with Crippen molar-refractivity contribution in [2.45, 2.75) is 237 Å². The van der Waals surface area contributed by atoms with Crippen LogP contribution in [-0.2, 0) is 118 Å². The predicted molar refractivity (Wildman–Crippen MR) is 447 cm³/mol. The number of hydrogen-bond acceptors (Lipinski definition) is 2. The van der Waals surface area contributed by atoms with Crippen LogP contribution in [0.1, 0.15) is 290 Å². The van der Waals surface area contributed by atoms with E-state index in [0.29, 0.717) is 0 Å². The number of aryl methyl sites for hydroxylation is 16. The van der Waals surface area contributed by atoms with Crippen LogP contribution >= 0.6 is 0 Å². The molecule has 0 saturated heterocycles. The first-order chi connectivity index (χ1) is 51.5. The van der Waals surface area contributed by atoms with Crippen molar-refractivity contribution in [1.29, 1.82) is 0 Å². The first-order valence-corrected chi connectivity index (χ1v) is 41.2. The molecule has 106 heavy (non-hydrogen) atoms. The van der Waals surface area contributed by atoms with Crippen molar-refractivity contribution >= 4 is 0 Å². The molecule has 0 aliphatic carbocycles. The molecule has 1 heterocycles. The summed E-state index contributed by atoms with van der Waals surface area (Å²) in [6, 6.07) is 69.2. The Morgan fingerprint density at radius 2 is 0.349 bits per heavy atom. The fourth-order valence-electron chi connectivity index (χ4n) is 16.8. The second-order valence-electron chi connectivity index (χ2n) is 29.6. The third kappa shape index (κ3) is 16.9. The maximum atomic E-state index is 7.20. The summed E-state index contributed by atoms with van der Waals surface area (Å²) in [6.07, 6.45) is 19.4. The summed E-state index contributed by atoms with van der Waals surface area (Å²) in [6.45, 7) is 36.9. The Bertz CT molecular complexity index is 3980. The molecule has 0 atom stereocenters. The van der Waals surface area contributed by atoms with Gasteiger partial charge in [-0.1, -0.05) is 0 Å². The molecule has 0 unspecified atom stereocenters. The zero-order valence-corrected chi connectivity index (χ0v) is 68.5. The summed E-state index contributed by atoms with van der Waals surface area (Å²) in [4.78, 5) is 0. The van der Waals surface area contributed by atoms with Crippen LogP contribution < -0.4 is 9.47 Å². The Labute approximate surface area is 646 Å². The second-order valence-corrected chi connectivity index (χ2v) is 30.1. The van der Waals surface area contributed by atoms with Crippen molar-refractivity contribution in [2.24, 2.45) is 0 Å². The SMILES string of the molecule is CCc1cc(CC)cc(C(c2cc(CC)cc(CC)c2)c2cc(OC)cc(C(c3cc(CC)cc(CC)c3)c3cc(CC)cc(CC)c3)c2-n2ccn(-c3c(C(c4cc(CC)cc(CC)c4)c4cc(CC)cc(CC)c4)cc(OC)cc3C(c3cc(CC)cc(CC)c3)c3cc(CC)cc(CC)c3)[c]2=[Ni])c1. The number of methoxy groups -OCH3 is 2. The monoisotopic (exact) mass is 1450 g/mol. The van der Waals surface area contributed by atoms with Gasteiger partial charge >= 0.3 is 650 Å². The van der Waals surface area contributed by atoms with Gasteiger partial charge in [0, 0.05) is 0 Å². The normalized spacial score (nSPS) is 11.7. The minimum atomic E-state index is -0.245. The average molecular weight is 1450 g/mol. The van der Waals surface area contributed by atoms with Crippen molar-refractivity contribution in [3.63, 3.8) is 0 Å². The molecule has 0 radical (unpaired) electrons. The summed E-state index contributed by atoms with van der Waals surface area (Å²) in [5.41, 5.74) is 38.3. The Balaban J connectivity index is 1.41. The van der Waals surface area contributed by atoms with Gasteiger partial charge in [0.25, 0.3) is 0 Å². The van der Waals surface area contributed by atoms with E-state index in [1.54, 1.807) is 0 Å². The topological polar surface area (TPSA) is 28.3 Å². The molecule has 4 nitrogen and oxygen atoms in total. The maximum absolute atomic E-state index is 7.20. The Morgan fingerprint density at radius 1 is 0.217 bits per heavy atom. The van der Waals surface area contributed by atoms with E-state index in [1.165, 1.54) is 134 Å². The van der Waals surface area contributed by atoms with Crippen LogP contribution in [0, 0.1) is 4.40 Å². The molecule has 0 saturated carbocycles. The van der Waals surface area contributed by atoms with E-state index >= 15 is 0 Å². The Morgan fingerprint density at radius 3 is 0.462 bits per heavy atom. The molecule has 0 aliphatic rings. The van der Waals surface area contributed by atoms with Crippen molar-refractivity contribution in [3.8, 4) is 22.9 Å². The molecule has 0 bridgehead atoms. The first-order valence-electron chi connectivity index (χ1n) is 40.7. The van der Waals surface area contributed by atoms with Crippen LogP contribution in [0.25, 0.3) is 11.4 Å². The van der Waals surface area contributed by atoms with Gasteiger partial charge in [0.05, 0.1) is 0 Å². The van der Waals surface area contributed by atoms with Crippen LogP contribution in [0.5, 0.6) is 11.5 Å². The van der Waals surface area contributed by atoms with E-state index in [4.69, 9.17) is 24.5 Å². The van der Waals surface area contributed by atoms with Crippen molar-refractivity contribution < 1.29 is 24.5 Å². The van der Waals surface area contributed by atoms with Gasteiger partial charge in [-0.3, -0.25) is 0 Å². The van der Waals surface area contributed by atoms with Gasteiger partial charge in [0.15, 0.2) is 0 Å². The molecule has 0 N–H and O–H groups in total. The van der Waals surface area contributed by atoms with Crippen LogP contribution in [-0.4, -0.2) is 23.4 Å². The first kappa shape index (κ1) is 78.6. The zero-order chi connectivity index (χ0) is 75.5. The van der Waals surface area contributed by atoms with Gasteiger partial charge < -0.3 is 0 Å². The number of nitrogens with zero attached hydrogens (tertiary/aromatic N) is 2. The number of aromatic nitrogens is 2. The van der Waals surface area contributed by atoms with Gasteiger partial charge in [-0.25, -0.2) is 0 Å². The van der Waals surface area contributed by atoms with Crippen molar-refractivity contribution in [2.75, 3.05) is 14.2 Å². The number of ether oxygens (including phenoxy) is 2. The molecule has 1 aromatic heterocycles. The van der Waals surface area contributed by atoms with E-state index in [0.717, 1.165) is 152 Å². The molecular formula is C101H120N2NiO2. The second kappa shape index (κ2) is 35.9. The minimum absolute atomic E-state index is 0.245. The Hall–Kier alpha value is -8.50. The van der Waals surface area contributed by atoms with Crippen LogP contribution in [0.15, 0.2) is 182 Å². The number of hydrogen-bond donors (Lipinski definition) is 0. The average Bonchev–Trinajstić information content (AvgIpc) is 1.19. The van der Waals surface area contributed by atoms with E-state index < -0.39 is 0 Å². The fraction of sp³-hybridized carbons (Fsp3) is 0.376. The summed E-state index contributed by atoms with van der Waals surface area (Å²) in [5.74, 6) is 0.660. The third-order valence-corrected chi connectivity index (χ3v) is 23.5. The number of rotatable bonds is 32. The number of imidazole rings is 1. The van der Waals surface area contributed by atoms with E-state index in [1.807, 2.05) is 14.2 Å². The van der Waals surface area contributed by atoms with Gasteiger partial charge in [0.2, 0.25) is 0 Å². The molecule has 556 valence electrons. The molecule has 0 amide bonds. The zero-order valence-electron chi connectivity index (χ0n) is 67.5. The molecular weight excluding hydrogens is 1330 g/mol. The summed E-state index contributed by atoms with van der Waals surface area (Å²) >= 11 is 7.20. The van der Waals surface area contributed by atoms with Crippen molar-refractivity contribution in [1.82, 2.24) is 9.13 Å². The number of benzene rings is 10. The van der Waals surface area contributed by atoms with E-state index in [2.05, 4.69) is 302 Å². The molecule has 0 aliphatic heterocycles. The molecule has 11 rings (SSSR count). The molecule has 0 fully saturated rings. The van der Waals surface area contributed by atoms with Gasteiger partial charge in [-0.15, -0.1) is 0 Å². The van der Waals surface area contributed by atoms with Crippen LogP contribution in [0.2, 0.25) is 0 Å². The molecule has 10 aromatic carbocycles. The van der Waals surface area contributed by atoms with Crippen LogP contribution in [0.4, 0.5) is 0 Å². The standard InChI is InChI=1S/C101H120N2O2.Ni/c1-19-66-37-67(20-2)46-82(45-66)96(83-47-68(21-3)38-69(22-4)48-83)92-61-90(104-17)62-93(97(84-49-70(23-5)39-71(24-6)50-84)85-51-72(25-7)40-73(26-8)52-85)100(92)102-35-36-103(65-102)101-94(98(86-53-74(27-9)41-75(28-10)54-86)87-55-76(29-11)42-77(30-12)56-87)63-91(105-18)64-95(101)99(88-57-78(31-13)43-79(32-14)58-88)89-59-80(33-15)44-81(34-16)60-89;/h35-64,96-99H,19-34H2,1-18H3;. The summed E-state index contributed by atoms with van der Waals surface area (Å²) in [5, 5.41) is 0. The Kier molecular flexibility index (Phi) is 26.6. The van der Waals surface area contributed by atoms with Crippen LogP contribution in [0.3, 0.4) is 0 Å². The van der Waals surface area contributed by atoms with E-state index in [9.17, 15) is 0 Å². The fourth-order valence-corrected chi connectivity index (χ4v) is 17.2.